The molecule has 3 aromatic rings. The van der Waals surface area contributed by atoms with Crippen molar-refractivity contribution in [2.24, 2.45) is 0 Å². The summed E-state index contributed by atoms with van der Waals surface area (Å²) >= 11 is 5.65. The lowest BCUT2D eigenvalue weighted by Gasteiger charge is -2.05. The first-order valence-electron chi connectivity index (χ1n) is 5.73. The quantitative estimate of drug-likeness (QED) is 0.675. The molecule has 3 rings (SSSR count). The molecule has 0 bridgehead atoms. The third-order valence-electron chi connectivity index (χ3n) is 2.85. The second-order valence-corrected chi connectivity index (χ2v) is 4.71. The van der Waals surface area contributed by atoms with Crippen LogP contribution in [-0.4, -0.2) is 15.0 Å². The molecule has 0 radical (unpaired) electrons. The second kappa shape index (κ2) is 4.70. The average Bonchev–Trinajstić information content (AvgIpc) is 2.81. The van der Waals surface area contributed by atoms with Gasteiger partial charge in [-0.15, -0.1) is 0 Å². The van der Waals surface area contributed by atoms with Gasteiger partial charge in [0, 0.05) is 17.8 Å². The number of hydrogen-bond donors (Lipinski definition) is 1. The number of benzene rings is 1. The predicted octanol–water partition coefficient (Wildman–Crippen LogP) is 4.44. The van der Waals surface area contributed by atoms with Crippen molar-refractivity contribution in [1.82, 2.24) is 15.0 Å². The van der Waals surface area contributed by atoms with Crippen LogP contribution in [0.15, 0.2) is 30.5 Å². The van der Waals surface area contributed by atoms with E-state index >= 15 is 0 Å². The minimum atomic E-state index is -4.50. The van der Waals surface area contributed by atoms with Crippen LogP contribution in [0, 0.1) is 5.82 Å². The molecule has 8 heteroatoms. The van der Waals surface area contributed by atoms with Crippen molar-refractivity contribution in [3.05, 3.63) is 47.0 Å². The number of pyridine rings is 1. The Labute approximate surface area is 120 Å². The highest BCUT2D eigenvalue weighted by molar-refractivity contribution is 6.31. The number of imidazole rings is 1. The van der Waals surface area contributed by atoms with Gasteiger partial charge in [-0.2, -0.15) is 13.2 Å². The molecule has 0 aliphatic rings. The first-order valence-corrected chi connectivity index (χ1v) is 6.11. The summed E-state index contributed by atoms with van der Waals surface area (Å²) in [6, 6.07) is 4.61. The molecule has 0 spiro atoms. The zero-order chi connectivity index (χ0) is 15.2. The average molecular weight is 316 g/mol. The fraction of sp³-hybridized carbons (Fsp3) is 0.0769. The molecule has 1 aromatic carbocycles. The Morgan fingerprint density at radius 1 is 1.14 bits per heavy atom. The van der Waals surface area contributed by atoms with Crippen LogP contribution in [0.5, 0.6) is 0 Å². The molecule has 3 nitrogen and oxygen atoms in total. The third-order valence-corrected chi connectivity index (χ3v) is 3.14. The van der Waals surface area contributed by atoms with Crippen LogP contribution >= 0.6 is 11.6 Å². The fourth-order valence-corrected chi connectivity index (χ4v) is 2.00. The van der Waals surface area contributed by atoms with Crippen LogP contribution in [-0.2, 0) is 6.18 Å². The second-order valence-electron chi connectivity index (χ2n) is 4.30. The van der Waals surface area contributed by atoms with E-state index in [1.54, 1.807) is 0 Å². The third kappa shape index (κ3) is 2.56. The monoisotopic (exact) mass is 315 g/mol. The van der Waals surface area contributed by atoms with Crippen molar-refractivity contribution in [2.45, 2.75) is 6.18 Å². The molecule has 0 atom stereocenters. The summed E-state index contributed by atoms with van der Waals surface area (Å²) in [6.45, 7) is 0. The lowest BCUT2D eigenvalue weighted by atomic mass is 10.2. The molecule has 2 heterocycles. The molecule has 0 unspecified atom stereocenters. The Morgan fingerprint density at radius 2 is 1.90 bits per heavy atom. The number of nitrogens with zero attached hydrogens (tertiary/aromatic N) is 2. The first-order chi connectivity index (χ1) is 9.84. The van der Waals surface area contributed by atoms with Crippen molar-refractivity contribution in [1.29, 1.82) is 0 Å². The minimum absolute atomic E-state index is 0.0777. The van der Waals surface area contributed by atoms with E-state index in [0.29, 0.717) is 16.6 Å². The number of nitrogens with one attached hydrogen (secondary N) is 1. The largest absolute Gasteiger partial charge is 0.433 e. The van der Waals surface area contributed by atoms with E-state index in [-0.39, 0.29) is 10.8 Å². The Bertz CT molecular complexity index is 770. The van der Waals surface area contributed by atoms with Crippen LogP contribution in [0.3, 0.4) is 0 Å². The molecule has 0 aliphatic carbocycles. The number of aromatic nitrogens is 3. The maximum atomic E-state index is 13.3. The summed E-state index contributed by atoms with van der Waals surface area (Å²) in [6.07, 6.45) is -3.44. The van der Waals surface area contributed by atoms with Gasteiger partial charge in [-0.05, 0) is 18.2 Å². The van der Waals surface area contributed by atoms with Crippen LogP contribution in [0.4, 0.5) is 17.6 Å². The molecule has 0 aliphatic heterocycles. The van der Waals surface area contributed by atoms with E-state index in [0.717, 1.165) is 12.3 Å². The lowest BCUT2D eigenvalue weighted by molar-refractivity contribution is -0.141. The number of hydrogen-bond acceptors (Lipinski definition) is 2. The zero-order valence-electron chi connectivity index (χ0n) is 10.2. The van der Waals surface area contributed by atoms with Crippen molar-refractivity contribution in [3.8, 4) is 11.4 Å². The number of H-pyrrole nitrogens is 1. The highest BCUT2D eigenvalue weighted by Crippen LogP contribution is 2.29. The maximum absolute atomic E-state index is 13.3. The number of fused-ring (bicyclic) bond motifs is 1. The van der Waals surface area contributed by atoms with Crippen LogP contribution < -0.4 is 0 Å². The molecular weight excluding hydrogens is 310 g/mol. The van der Waals surface area contributed by atoms with Crippen molar-refractivity contribution < 1.29 is 17.6 Å². The van der Waals surface area contributed by atoms with E-state index in [1.165, 1.54) is 18.2 Å². The molecule has 1 N–H and O–H groups in total. The van der Waals surface area contributed by atoms with E-state index < -0.39 is 17.7 Å². The van der Waals surface area contributed by atoms with E-state index in [4.69, 9.17) is 11.6 Å². The van der Waals surface area contributed by atoms with Crippen molar-refractivity contribution >= 4 is 22.6 Å². The number of halogens is 5. The van der Waals surface area contributed by atoms with Crippen molar-refractivity contribution in [2.75, 3.05) is 0 Å². The SMILES string of the molecule is Fc1cc2[nH]c(-c3ccc(C(F)(F)F)nc3)nc2cc1Cl. The van der Waals surface area contributed by atoms with E-state index in [2.05, 4.69) is 15.0 Å². The standard InChI is InChI=1S/C13H6ClF4N3/c14-7-3-9-10(4-8(7)15)21-12(20-9)6-1-2-11(19-5-6)13(16,17)18/h1-5H,(H,20,21). The lowest BCUT2D eigenvalue weighted by Crippen LogP contribution is -2.07. The van der Waals surface area contributed by atoms with Crippen LogP contribution in [0.1, 0.15) is 5.69 Å². The van der Waals surface area contributed by atoms with Gasteiger partial charge in [0.1, 0.15) is 17.3 Å². The molecule has 21 heavy (non-hydrogen) atoms. The van der Waals surface area contributed by atoms with Gasteiger partial charge in [-0.25, -0.2) is 9.37 Å². The summed E-state index contributed by atoms with van der Waals surface area (Å²) < 4.78 is 50.6. The summed E-state index contributed by atoms with van der Waals surface area (Å²) in [4.78, 5) is 10.3. The van der Waals surface area contributed by atoms with Gasteiger partial charge in [0.25, 0.3) is 0 Å². The van der Waals surface area contributed by atoms with Crippen LogP contribution in [0.2, 0.25) is 5.02 Å². The van der Waals surface area contributed by atoms with Gasteiger partial charge in [0.05, 0.1) is 16.1 Å². The normalized spacial score (nSPS) is 12.0. The number of aromatic amines is 1. The van der Waals surface area contributed by atoms with Gasteiger partial charge in [-0.3, -0.25) is 4.98 Å². The Hall–Kier alpha value is -2.15. The molecule has 0 saturated heterocycles. The zero-order valence-corrected chi connectivity index (χ0v) is 10.9. The fourth-order valence-electron chi connectivity index (χ4n) is 1.84. The Morgan fingerprint density at radius 3 is 2.52 bits per heavy atom. The topological polar surface area (TPSA) is 41.6 Å². The molecule has 2 aromatic heterocycles. The summed E-state index contributed by atoms with van der Waals surface area (Å²) in [7, 11) is 0. The summed E-state index contributed by atoms with van der Waals surface area (Å²) in [5, 5.41) is -0.0777. The van der Waals surface area contributed by atoms with Gasteiger partial charge < -0.3 is 4.98 Å². The van der Waals surface area contributed by atoms with Crippen LogP contribution in [0.25, 0.3) is 22.4 Å². The summed E-state index contributed by atoms with van der Waals surface area (Å²) in [5.74, 6) is -0.321. The van der Waals surface area contributed by atoms with Gasteiger partial charge in [-0.1, -0.05) is 11.6 Å². The highest BCUT2D eigenvalue weighted by atomic mass is 35.5. The number of alkyl halides is 3. The molecular formula is C13H6ClF4N3. The molecule has 0 amide bonds. The van der Waals surface area contributed by atoms with Gasteiger partial charge >= 0.3 is 6.18 Å². The Kier molecular flexibility index (Phi) is 3.09. The molecule has 0 fully saturated rings. The molecule has 0 saturated carbocycles. The predicted molar refractivity (Wildman–Crippen MR) is 69.3 cm³/mol. The van der Waals surface area contributed by atoms with Crippen molar-refractivity contribution in [3.63, 3.8) is 0 Å². The maximum Gasteiger partial charge on any atom is 0.433 e. The Balaban J connectivity index is 2.04. The van der Waals surface area contributed by atoms with E-state index in [1.807, 2.05) is 0 Å². The molecule has 108 valence electrons. The van der Waals surface area contributed by atoms with Gasteiger partial charge in [0.2, 0.25) is 0 Å². The van der Waals surface area contributed by atoms with Gasteiger partial charge in [0.15, 0.2) is 0 Å². The summed E-state index contributed by atoms with van der Waals surface area (Å²) in [5.41, 5.74) is 0.176. The highest BCUT2D eigenvalue weighted by Gasteiger charge is 2.32. The minimum Gasteiger partial charge on any atom is -0.338 e. The first kappa shape index (κ1) is 13.8. The van der Waals surface area contributed by atoms with E-state index in [9.17, 15) is 17.6 Å². The number of rotatable bonds is 1. The smallest absolute Gasteiger partial charge is 0.338 e.